The van der Waals surface area contributed by atoms with Crippen molar-refractivity contribution in [3.05, 3.63) is 34.8 Å². The third-order valence-electron chi connectivity index (χ3n) is 3.35. The summed E-state index contributed by atoms with van der Waals surface area (Å²) in [7, 11) is 0. The van der Waals surface area contributed by atoms with Crippen LogP contribution in [0.5, 0.6) is 0 Å². The third kappa shape index (κ3) is 5.34. The molecule has 0 saturated heterocycles. The molecule has 1 heterocycles. The van der Waals surface area contributed by atoms with Crippen LogP contribution in [-0.2, 0) is 11.3 Å². The Kier molecular flexibility index (Phi) is 7.78. The molecule has 0 aliphatic rings. The molecule has 0 aliphatic heterocycles. The van der Waals surface area contributed by atoms with Crippen LogP contribution in [0, 0.1) is 0 Å². The Morgan fingerprint density at radius 3 is 2.52 bits per heavy atom. The molecule has 0 amide bonds. The van der Waals surface area contributed by atoms with Gasteiger partial charge in [0.15, 0.2) is 5.58 Å². The first-order valence-electron chi connectivity index (χ1n) is 6.98. The van der Waals surface area contributed by atoms with E-state index in [9.17, 15) is 9.59 Å². The molecule has 2 rings (SSSR count). The van der Waals surface area contributed by atoms with Crippen LogP contribution in [-0.4, -0.2) is 45.2 Å². The van der Waals surface area contributed by atoms with E-state index in [0.717, 1.165) is 37.6 Å². The number of rotatable bonds is 8. The zero-order chi connectivity index (χ0) is 14.4. The van der Waals surface area contributed by atoms with Crippen molar-refractivity contribution in [1.82, 2.24) is 4.57 Å². The van der Waals surface area contributed by atoms with Gasteiger partial charge in [0.05, 0.1) is 5.52 Å². The zero-order valence-electron chi connectivity index (χ0n) is 11.4. The van der Waals surface area contributed by atoms with Gasteiger partial charge in [-0.2, -0.15) is 0 Å². The molecule has 21 heavy (non-hydrogen) atoms. The zero-order valence-corrected chi connectivity index (χ0v) is 11.4. The van der Waals surface area contributed by atoms with Gasteiger partial charge in [-0.05, 0) is 25.0 Å². The summed E-state index contributed by atoms with van der Waals surface area (Å²) in [6.07, 6.45) is 4.78. The average Bonchev–Trinajstić information content (AvgIpc) is 2.73. The molecule has 0 saturated carbocycles. The predicted molar refractivity (Wildman–Crippen MR) is 83.0 cm³/mol. The SMILES string of the molecule is O=C(O)CCCCCCCn1c(=O)oc2ccccc21.[NaH]. The molecule has 0 aliphatic carbocycles. The minimum absolute atomic E-state index is 0. The summed E-state index contributed by atoms with van der Waals surface area (Å²) in [6.45, 7) is 0.648. The molecule has 1 N–H and O–H groups in total. The van der Waals surface area contributed by atoms with Crippen molar-refractivity contribution in [3.8, 4) is 0 Å². The molecule has 0 unspecified atom stereocenters. The van der Waals surface area contributed by atoms with E-state index in [0.29, 0.717) is 12.1 Å². The quantitative estimate of drug-likeness (QED) is 0.600. The predicted octanol–water partition coefficient (Wildman–Crippen LogP) is 2.37. The van der Waals surface area contributed by atoms with E-state index in [2.05, 4.69) is 0 Å². The third-order valence-corrected chi connectivity index (χ3v) is 3.35. The molecule has 0 spiro atoms. The Morgan fingerprint density at radius 2 is 1.76 bits per heavy atom. The molecular weight excluding hydrogens is 281 g/mol. The van der Waals surface area contributed by atoms with Crippen LogP contribution in [0.3, 0.4) is 0 Å². The van der Waals surface area contributed by atoms with Gasteiger partial charge in [-0.25, -0.2) is 4.79 Å². The number of fused-ring (bicyclic) bond motifs is 1. The van der Waals surface area contributed by atoms with Gasteiger partial charge >= 0.3 is 41.3 Å². The van der Waals surface area contributed by atoms with Crippen LogP contribution in [0.2, 0.25) is 0 Å². The maximum atomic E-state index is 11.7. The first kappa shape index (κ1) is 18.0. The molecule has 2 aromatic rings. The van der Waals surface area contributed by atoms with E-state index in [1.54, 1.807) is 10.6 Å². The number of carboxylic acid groups (broad SMARTS) is 1. The normalized spacial score (nSPS) is 10.5. The number of unbranched alkanes of at least 4 members (excludes halogenated alkanes) is 4. The Hall–Kier alpha value is -1.04. The Labute approximate surface area is 145 Å². The number of para-hydroxylation sites is 2. The van der Waals surface area contributed by atoms with Crippen molar-refractivity contribution in [1.29, 1.82) is 0 Å². The van der Waals surface area contributed by atoms with E-state index in [4.69, 9.17) is 9.52 Å². The molecule has 1 aromatic carbocycles. The number of carboxylic acids is 1. The second-order valence-electron chi connectivity index (χ2n) is 4.90. The number of aryl methyl sites for hydroxylation is 1. The van der Waals surface area contributed by atoms with Gasteiger partial charge in [0.2, 0.25) is 0 Å². The monoisotopic (exact) mass is 301 g/mol. The number of hydrogen-bond donors (Lipinski definition) is 1. The number of aromatic nitrogens is 1. The molecule has 0 bridgehead atoms. The number of benzene rings is 1. The topological polar surface area (TPSA) is 72.4 Å². The first-order chi connectivity index (χ1) is 9.68. The van der Waals surface area contributed by atoms with Gasteiger partial charge in [-0.3, -0.25) is 9.36 Å². The van der Waals surface area contributed by atoms with Gasteiger partial charge in [0.25, 0.3) is 0 Å². The van der Waals surface area contributed by atoms with Crippen molar-refractivity contribution in [3.63, 3.8) is 0 Å². The average molecular weight is 301 g/mol. The molecule has 5 nitrogen and oxygen atoms in total. The van der Waals surface area contributed by atoms with Crippen molar-refractivity contribution < 1.29 is 14.3 Å². The standard InChI is InChI=1S/C15H19NO4.Na.H/c17-14(18)10-4-2-1-3-7-11-16-12-8-5-6-9-13(12)20-15(16)19;;/h5-6,8-9H,1-4,7,10-11H2,(H,17,18);;. The second-order valence-corrected chi connectivity index (χ2v) is 4.90. The van der Waals surface area contributed by atoms with Crippen molar-refractivity contribution in [2.24, 2.45) is 0 Å². The fourth-order valence-corrected chi connectivity index (χ4v) is 2.30. The fourth-order valence-electron chi connectivity index (χ4n) is 2.30. The van der Waals surface area contributed by atoms with Gasteiger partial charge in [0.1, 0.15) is 0 Å². The van der Waals surface area contributed by atoms with E-state index < -0.39 is 5.97 Å². The number of carbonyl (C=O) groups is 1. The van der Waals surface area contributed by atoms with E-state index in [1.165, 1.54) is 0 Å². The van der Waals surface area contributed by atoms with Gasteiger partial charge in [-0.15, -0.1) is 0 Å². The summed E-state index contributed by atoms with van der Waals surface area (Å²) in [6, 6.07) is 7.41. The first-order valence-corrected chi connectivity index (χ1v) is 6.98. The van der Waals surface area contributed by atoms with Crippen LogP contribution < -0.4 is 5.76 Å². The number of nitrogens with zero attached hydrogens (tertiary/aromatic N) is 1. The van der Waals surface area contributed by atoms with Gasteiger partial charge in [-0.1, -0.05) is 31.4 Å². The van der Waals surface area contributed by atoms with E-state index >= 15 is 0 Å². The van der Waals surface area contributed by atoms with Gasteiger partial charge < -0.3 is 9.52 Å². The summed E-state index contributed by atoms with van der Waals surface area (Å²) in [5.41, 5.74) is 1.46. The summed E-state index contributed by atoms with van der Waals surface area (Å²) >= 11 is 0. The summed E-state index contributed by atoms with van der Waals surface area (Å²) in [5, 5.41) is 8.52. The van der Waals surface area contributed by atoms with Crippen molar-refractivity contribution >= 4 is 46.6 Å². The molecule has 110 valence electrons. The maximum absolute atomic E-state index is 11.7. The van der Waals surface area contributed by atoms with Crippen LogP contribution in [0.1, 0.15) is 38.5 Å². The number of oxazole rings is 1. The van der Waals surface area contributed by atoms with Crippen molar-refractivity contribution in [2.45, 2.75) is 45.1 Å². The van der Waals surface area contributed by atoms with E-state index in [1.807, 2.05) is 18.2 Å². The number of aliphatic carboxylic acids is 1. The van der Waals surface area contributed by atoms with Crippen molar-refractivity contribution in [2.75, 3.05) is 0 Å². The minimum atomic E-state index is -0.735. The molecule has 0 atom stereocenters. The van der Waals surface area contributed by atoms with Crippen LogP contribution >= 0.6 is 0 Å². The summed E-state index contributed by atoms with van der Waals surface area (Å²) < 4.78 is 6.82. The fraction of sp³-hybridized carbons (Fsp3) is 0.467. The molecule has 0 radical (unpaired) electrons. The molecule has 0 fully saturated rings. The van der Waals surface area contributed by atoms with Gasteiger partial charge in [0, 0.05) is 13.0 Å². The molecule has 6 heteroatoms. The van der Waals surface area contributed by atoms with Crippen LogP contribution in [0.4, 0.5) is 0 Å². The molecular formula is C15H20NNaO4. The second kappa shape index (κ2) is 9.07. The number of hydrogen-bond acceptors (Lipinski definition) is 3. The Morgan fingerprint density at radius 1 is 1.10 bits per heavy atom. The molecule has 1 aromatic heterocycles. The van der Waals surface area contributed by atoms with E-state index in [-0.39, 0.29) is 41.7 Å². The van der Waals surface area contributed by atoms with Crippen LogP contribution in [0.25, 0.3) is 11.1 Å². The Balaban J connectivity index is 0.00000220. The van der Waals surface area contributed by atoms with Crippen LogP contribution in [0.15, 0.2) is 33.5 Å². The Bertz CT molecular complexity index is 632. The summed E-state index contributed by atoms with van der Waals surface area (Å²) in [5.74, 6) is -1.04. The summed E-state index contributed by atoms with van der Waals surface area (Å²) in [4.78, 5) is 22.1.